The molecule has 0 radical (unpaired) electrons. The van der Waals surface area contributed by atoms with E-state index in [1.54, 1.807) is 0 Å². The lowest BCUT2D eigenvalue weighted by molar-refractivity contribution is -0.277. The third kappa shape index (κ3) is 5.61. The van der Waals surface area contributed by atoms with E-state index in [2.05, 4.69) is 0 Å². The molecular formula is C27H30O17. The molecule has 10 atom stereocenters. The zero-order valence-corrected chi connectivity index (χ0v) is 22.4. The summed E-state index contributed by atoms with van der Waals surface area (Å²) >= 11 is 0. The molecule has 2 unspecified atom stereocenters. The van der Waals surface area contributed by atoms with Gasteiger partial charge in [0.2, 0.25) is 23.8 Å². The van der Waals surface area contributed by atoms with Gasteiger partial charge in [0.1, 0.15) is 71.3 Å². The largest absolute Gasteiger partial charge is 0.507 e. The van der Waals surface area contributed by atoms with Gasteiger partial charge in [0, 0.05) is 17.7 Å². The number of aliphatic hydroxyl groups is 8. The number of phenols is 2. The van der Waals surface area contributed by atoms with Crippen LogP contribution in [0.2, 0.25) is 0 Å². The van der Waals surface area contributed by atoms with Crippen molar-refractivity contribution in [1.82, 2.24) is 0 Å². The first-order valence-corrected chi connectivity index (χ1v) is 13.2. The highest BCUT2D eigenvalue weighted by atomic mass is 16.7. The van der Waals surface area contributed by atoms with E-state index in [0.717, 1.165) is 24.3 Å². The number of rotatable bonds is 7. The van der Waals surface area contributed by atoms with Crippen LogP contribution in [-0.4, -0.2) is 131 Å². The Morgan fingerprint density at radius 1 is 0.682 bits per heavy atom. The molecule has 11 N–H and O–H groups in total. The molecule has 0 spiro atoms. The number of hydrogen-bond donors (Lipinski definition) is 11. The molecule has 0 bridgehead atoms. The highest BCUT2D eigenvalue weighted by molar-refractivity contribution is 5.88. The molecule has 1 aromatic heterocycles. The SMILES string of the molecule is O=c1c(O)c(-c2ccc(OC3O[C@H](CO)[C@@H](O)[C@H](O)[C@H]3O)c(O)c2)oc2cc(OC3O[C@H](CO)[C@@H](O)[C@H](O)[C@H]3O)cc(O)c12. The first-order valence-electron chi connectivity index (χ1n) is 13.2. The van der Waals surface area contributed by atoms with Crippen molar-refractivity contribution in [2.75, 3.05) is 13.2 Å². The summed E-state index contributed by atoms with van der Waals surface area (Å²) in [6.07, 6.45) is -16.1. The van der Waals surface area contributed by atoms with E-state index in [4.69, 9.17) is 23.4 Å². The maximum Gasteiger partial charge on any atom is 0.238 e. The van der Waals surface area contributed by atoms with Crippen LogP contribution in [0.4, 0.5) is 0 Å². The van der Waals surface area contributed by atoms with Crippen molar-refractivity contribution in [1.29, 1.82) is 0 Å². The van der Waals surface area contributed by atoms with Crippen molar-refractivity contribution in [2.45, 2.75) is 61.4 Å². The first-order chi connectivity index (χ1) is 20.9. The molecule has 2 aliphatic heterocycles. The predicted octanol–water partition coefficient (Wildman–Crippen LogP) is -3.07. The second kappa shape index (κ2) is 12.3. The molecule has 0 saturated carbocycles. The van der Waals surface area contributed by atoms with Gasteiger partial charge in [-0.2, -0.15) is 0 Å². The molecule has 0 aliphatic carbocycles. The van der Waals surface area contributed by atoms with Gasteiger partial charge >= 0.3 is 0 Å². The van der Waals surface area contributed by atoms with Crippen molar-refractivity contribution in [2.24, 2.45) is 0 Å². The summed E-state index contributed by atoms with van der Waals surface area (Å²) in [4.78, 5) is 13.0. The van der Waals surface area contributed by atoms with E-state index in [0.29, 0.717) is 0 Å². The minimum atomic E-state index is -1.78. The minimum Gasteiger partial charge on any atom is -0.507 e. The number of benzene rings is 2. The lowest BCUT2D eigenvalue weighted by Gasteiger charge is -2.39. The molecule has 3 aromatic rings. The number of aromatic hydroxyl groups is 3. The van der Waals surface area contributed by atoms with E-state index in [1.165, 1.54) is 6.07 Å². The maximum absolute atomic E-state index is 13.0. The van der Waals surface area contributed by atoms with Gasteiger partial charge in [0.15, 0.2) is 17.3 Å². The fourth-order valence-corrected chi connectivity index (χ4v) is 4.88. The van der Waals surface area contributed by atoms with E-state index in [1.807, 2.05) is 0 Å². The Hall–Kier alpha value is -3.75. The van der Waals surface area contributed by atoms with Crippen LogP contribution in [0.15, 0.2) is 39.5 Å². The van der Waals surface area contributed by atoms with Crippen LogP contribution in [0.25, 0.3) is 22.3 Å². The van der Waals surface area contributed by atoms with Gasteiger partial charge in [0.25, 0.3) is 0 Å². The average molecular weight is 627 g/mol. The van der Waals surface area contributed by atoms with Gasteiger partial charge in [-0.3, -0.25) is 4.79 Å². The third-order valence-corrected chi connectivity index (χ3v) is 7.34. The molecule has 2 aromatic carbocycles. The minimum absolute atomic E-state index is 0.0695. The van der Waals surface area contributed by atoms with Gasteiger partial charge in [-0.25, -0.2) is 0 Å². The first kappa shape index (κ1) is 31.7. The summed E-state index contributed by atoms with van der Waals surface area (Å²) in [7, 11) is 0. The van der Waals surface area contributed by atoms with Gasteiger partial charge in [-0.15, -0.1) is 0 Å². The van der Waals surface area contributed by atoms with E-state index >= 15 is 0 Å². The zero-order valence-electron chi connectivity index (χ0n) is 22.4. The monoisotopic (exact) mass is 626 g/mol. The van der Waals surface area contributed by atoms with Crippen LogP contribution in [0.5, 0.6) is 28.7 Å². The van der Waals surface area contributed by atoms with E-state index in [9.17, 15) is 61.0 Å². The van der Waals surface area contributed by atoms with Crippen molar-refractivity contribution < 1.29 is 79.5 Å². The van der Waals surface area contributed by atoms with Crippen LogP contribution in [0, 0.1) is 0 Å². The number of phenolic OH excluding ortho intramolecular Hbond substituents is 2. The molecule has 240 valence electrons. The van der Waals surface area contributed by atoms with E-state index in [-0.39, 0.29) is 22.6 Å². The predicted molar refractivity (Wildman–Crippen MR) is 142 cm³/mol. The Labute approximate surface area is 246 Å². The molecule has 3 heterocycles. The standard InChI is InChI=1S/C27H30O17/c28-6-14-17(32)20(35)23(38)26(43-14)40-9-4-11(31)16-13(5-9)41-25(22(37)19(16)34)8-1-2-12(10(30)3-8)42-27-24(39)21(36)18(33)15(7-29)44-27/h1-5,14-15,17-18,20-21,23-24,26-33,35-39H,6-7H2/t14-,15-,17-,18-,20+,21+,23-,24-,26?,27?/m1/s1. The summed E-state index contributed by atoms with van der Waals surface area (Å²) in [6.45, 7) is -1.43. The van der Waals surface area contributed by atoms with Crippen LogP contribution in [0.1, 0.15) is 0 Å². The second-order valence-electron chi connectivity index (χ2n) is 10.2. The maximum atomic E-state index is 13.0. The van der Waals surface area contributed by atoms with E-state index < -0.39 is 108 Å². The van der Waals surface area contributed by atoms with Gasteiger partial charge in [0.05, 0.1) is 13.2 Å². The zero-order chi connectivity index (χ0) is 32.0. The topological polar surface area (TPSA) is 290 Å². The fraction of sp³-hybridized carbons (Fsp3) is 0.444. The average Bonchev–Trinajstić information content (AvgIpc) is 3.00. The molecule has 5 rings (SSSR count). The van der Waals surface area contributed by atoms with Crippen molar-refractivity contribution >= 4 is 11.0 Å². The highest BCUT2D eigenvalue weighted by Gasteiger charge is 2.46. The Morgan fingerprint density at radius 3 is 1.80 bits per heavy atom. The number of fused-ring (bicyclic) bond motifs is 1. The van der Waals surface area contributed by atoms with Gasteiger partial charge in [-0.1, -0.05) is 0 Å². The molecule has 2 aliphatic rings. The van der Waals surface area contributed by atoms with Crippen LogP contribution in [-0.2, 0) is 9.47 Å². The summed E-state index contributed by atoms with van der Waals surface area (Å²) in [5.41, 5.74) is -1.47. The number of hydrogen-bond acceptors (Lipinski definition) is 17. The third-order valence-electron chi connectivity index (χ3n) is 7.34. The fourth-order valence-electron chi connectivity index (χ4n) is 4.88. The van der Waals surface area contributed by atoms with Gasteiger partial charge < -0.3 is 79.5 Å². The van der Waals surface area contributed by atoms with Crippen molar-refractivity contribution in [3.8, 4) is 40.1 Å². The van der Waals surface area contributed by atoms with Crippen molar-refractivity contribution in [3.63, 3.8) is 0 Å². The lowest BCUT2D eigenvalue weighted by atomic mass is 9.99. The normalized spacial score (nSPS) is 32.5. The number of ether oxygens (including phenoxy) is 4. The Kier molecular flexibility index (Phi) is 8.87. The molecule has 2 fully saturated rings. The lowest BCUT2D eigenvalue weighted by Crippen LogP contribution is -2.60. The quantitative estimate of drug-likeness (QED) is 0.124. The molecule has 2 saturated heterocycles. The second-order valence-corrected chi connectivity index (χ2v) is 10.2. The Bertz CT molecular complexity index is 1550. The smallest absolute Gasteiger partial charge is 0.238 e. The summed E-state index contributed by atoms with van der Waals surface area (Å²) in [5.74, 6) is -3.27. The van der Waals surface area contributed by atoms with Gasteiger partial charge in [-0.05, 0) is 18.2 Å². The van der Waals surface area contributed by atoms with Crippen LogP contribution >= 0.6 is 0 Å². The van der Waals surface area contributed by atoms with Crippen molar-refractivity contribution in [3.05, 3.63) is 40.6 Å². The summed E-state index contributed by atoms with van der Waals surface area (Å²) < 4.78 is 27.1. The summed E-state index contributed by atoms with van der Waals surface area (Å²) in [6, 6.07) is 5.42. The molecule has 17 nitrogen and oxygen atoms in total. The Balaban J connectivity index is 1.44. The molecule has 44 heavy (non-hydrogen) atoms. The molecule has 0 amide bonds. The van der Waals surface area contributed by atoms with Crippen LogP contribution < -0.4 is 14.9 Å². The number of aliphatic hydroxyl groups excluding tert-OH is 8. The molecule has 17 heteroatoms. The Morgan fingerprint density at radius 2 is 1.25 bits per heavy atom. The highest BCUT2D eigenvalue weighted by Crippen LogP contribution is 2.39. The molecular weight excluding hydrogens is 596 g/mol. The van der Waals surface area contributed by atoms with Crippen LogP contribution in [0.3, 0.4) is 0 Å². The summed E-state index contributed by atoms with van der Waals surface area (Å²) in [5, 5.41) is 110.